The summed E-state index contributed by atoms with van der Waals surface area (Å²) in [6.45, 7) is 0. The van der Waals surface area contributed by atoms with E-state index in [0.717, 1.165) is 22.9 Å². The molecule has 1 saturated carbocycles. The van der Waals surface area contributed by atoms with E-state index >= 15 is 0 Å². The number of aromatic nitrogens is 3. The summed E-state index contributed by atoms with van der Waals surface area (Å²) in [5.74, 6) is -0.0668. The minimum Gasteiger partial charge on any atom is -0.356 e. The van der Waals surface area contributed by atoms with E-state index < -0.39 is 15.7 Å². The van der Waals surface area contributed by atoms with E-state index in [1.54, 1.807) is 0 Å². The first-order chi connectivity index (χ1) is 12.8. The molecular weight excluding hydrogens is 391 g/mol. The van der Waals surface area contributed by atoms with Gasteiger partial charge in [-0.1, -0.05) is 11.6 Å². The van der Waals surface area contributed by atoms with Gasteiger partial charge in [-0.15, -0.1) is 0 Å². The Labute approximate surface area is 161 Å². The van der Waals surface area contributed by atoms with E-state index in [9.17, 15) is 12.8 Å². The minimum absolute atomic E-state index is 0.0129. The third kappa shape index (κ3) is 3.39. The molecular formula is C18H18ClFN4O2S. The second-order valence-corrected chi connectivity index (χ2v) is 9.33. The molecule has 0 bridgehead atoms. The second kappa shape index (κ2) is 6.76. The van der Waals surface area contributed by atoms with Crippen LogP contribution in [0.1, 0.15) is 12.8 Å². The van der Waals surface area contributed by atoms with Crippen molar-refractivity contribution >= 4 is 38.3 Å². The van der Waals surface area contributed by atoms with Gasteiger partial charge in [0.2, 0.25) is 0 Å². The van der Waals surface area contributed by atoms with E-state index in [2.05, 4.69) is 19.9 Å². The van der Waals surface area contributed by atoms with E-state index in [4.69, 9.17) is 11.6 Å². The standard InChI is InChI=1S/C18H18ClFN4O2S/c1-24(18-14-4-5-21-17(14)22-10-23-18)13-6-11(7-13)9-27(25,26)16-3-2-12(19)8-15(16)20/h2-5,8,10-11,13H,6-7,9H2,1H3,(H,21,22,23). The lowest BCUT2D eigenvalue weighted by Gasteiger charge is -2.41. The lowest BCUT2D eigenvalue weighted by molar-refractivity contribution is 0.282. The van der Waals surface area contributed by atoms with Crippen LogP contribution in [0.3, 0.4) is 0 Å². The monoisotopic (exact) mass is 408 g/mol. The molecule has 6 nitrogen and oxygen atoms in total. The van der Waals surface area contributed by atoms with Crippen LogP contribution in [-0.2, 0) is 9.84 Å². The Kier molecular flexibility index (Phi) is 4.55. The molecule has 1 N–H and O–H groups in total. The van der Waals surface area contributed by atoms with Crippen molar-refractivity contribution in [1.82, 2.24) is 15.0 Å². The normalized spacial score (nSPS) is 19.8. The highest BCUT2D eigenvalue weighted by Crippen LogP contribution is 2.37. The van der Waals surface area contributed by atoms with Gasteiger partial charge in [-0.05, 0) is 43.0 Å². The number of H-pyrrole nitrogens is 1. The smallest absolute Gasteiger partial charge is 0.181 e. The number of halogens is 2. The Bertz CT molecular complexity index is 1100. The molecule has 0 aliphatic heterocycles. The van der Waals surface area contributed by atoms with Gasteiger partial charge in [-0.2, -0.15) is 0 Å². The van der Waals surface area contributed by atoms with Crippen LogP contribution >= 0.6 is 11.6 Å². The van der Waals surface area contributed by atoms with Crippen LogP contribution in [0.5, 0.6) is 0 Å². The van der Waals surface area contributed by atoms with Crippen molar-refractivity contribution in [3.63, 3.8) is 0 Å². The van der Waals surface area contributed by atoms with Gasteiger partial charge in [0.1, 0.15) is 28.5 Å². The average molecular weight is 409 g/mol. The quantitative estimate of drug-likeness (QED) is 0.699. The molecule has 0 spiro atoms. The fraction of sp³-hybridized carbons (Fsp3) is 0.333. The van der Waals surface area contributed by atoms with Gasteiger partial charge in [0.25, 0.3) is 0 Å². The van der Waals surface area contributed by atoms with Crippen LogP contribution in [0, 0.1) is 11.7 Å². The zero-order valence-electron chi connectivity index (χ0n) is 14.6. The Morgan fingerprint density at radius 1 is 1.30 bits per heavy atom. The molecule has 9 heteroatoms. The molecule has 0 atom stereocenters. The first-order valence-corrected chi connectivity index (χ1v) is 10.6. The van der Waals surface area contributed by atoms with Crippen molar-refractivity contribution < 1.29 is 12.8 Å². The molecule has 4 rings (SSSR count). The van der Waals surface area contributed by atoms with E-state index in [1.165, 1.54) is 18.5 Å². The Hall–Kier alpha value is -2.19. The first-order valence-electron chi connectivity index (χ1n) is 8.54. The lowest BCUT2D eigenvalue weighted by Crippen LogP contribution is -2.45. The summed E-state index contributed by atoms with van der Waals surface area (Å²) in [7, 11) is -1.74. The number of nitrogens with one attached hydrogen (secondary N) is 1. The number of anilines is 1. The maximum Gasteiger partial charge on any atom is 0.181 e. The summed E-state index contributed by atoms with van der Waals surface area (Å²) in [5.41, 5.74) is 0.767. The highest BCUT2D eigenvalue weighted by atomic mass is 35.5. The Balaban J connectivity index is 1.44. The van der Waals surface area contributed by atoms with Crippen LogP contribution in [0.2, 0.25) is 5.02 Å². The third-order valence-corrected chi connectivity index (χ3v) is 7.26. The molecule has 1 fully saturated rings. The van der Waals surface area contributed by atoms with Gasteiger partial charge in [0, 0.05) is 24.3 Å². The number of aromatic amines is 1. The molecule has 1 aliphatic carbocycles. The largest absolute Gasteiger partial charge is 0.356 e. The molecule has 2 aromatic heterocycles. The topological polar surface area (TPSA) is 79.0 Å². The van der Waals surface area contributed by atoms with Crippen LogP contribution in [0.15, 0.2) is 41.7 Å². The van der Waals surface area contributed by atoms with Crippen LogP contribution < -0.4 is 4.90 Å². The molecule has 142 valence electrons. The van der Waals surface area contributed by atoms with Crippen molar-refractivity contribution in [3.05, 3.63) is 47.6 Å². The van der Waals surface area contributed by atoms with E-state index in [0.29, 0.717) is 12.8 Å². The van der Waals surface area contributed by atoms with Crippen molar-refractivity contribution in [1.29, 1.82) is 0 Å². The summed E-state index contributed by atoms with van der Waals surface area (Å²) in [6.07, 6.45) is 4.74. The number of sulfone groups is 1. The van der Waals surface area contributed by atoms with Gasteiger partial charge < -0.3 is 9.88 Å². The molecule has 1 aliphatic rings. The second-order valence-electron chi connectivity index (χ2n) is 6.90. The van der Waals surface area contributed by atoms with E-state index in [1.807, 2.05) is 19.3 Å². The molecule has 0 radical (unpaired) electrons. The SMILES string of the molecule is CN(c1ncnc2[nH]ccc12)C1CC(CS(=O)(=O)c2ccc(Cl)cc2F)C1. The van der Waals surface area contributed by atoms with Gasteiger partial charge in [-0.25, -0.2) is 22.8 Å². The summed E-state index contributed by atoms with van der Waals surface area (Å²) in [5, 5.41) is 1.11. The zero-order chi connectivity index (χ0) is 19.2. The van der Waals surface area contributed by atoms with Gasteiger partial charge in [0.15, 0.2) is 9.84 Å². The van der Waals surface area contributed by atoms with E-state index in [-0.39, 0.29) is 27.6 Å². The summed E-state index contributed by atoms with van der Waals surface area (Å²) < 4.78 is 39.0. The number of nitrogens with zero attached hydrogens (tertiary/aromatic N) is 3. The summed E-state index contributed by atoms with van der Waals surface area (Å²) in [4.78, 5) is 13.4. The molecule has 2 heterocycles. The molecule has 0 unspecified atom stereocenters. The molecule has 0 saturated heterocycles. The molecule has 0 amide bonds. The Morgan fingerprint density at radius 2 is 2.07 bits per heavy atom. The lowest BCUT2D eigenvalue weighted by atomic mass is 9.81. The van der Waals surface area contributed by atoms with Gasteiger partial charge >= 0.3 is 0 Å². The van der Waals surface area contributed by atoms with Crippen LogP contribution in [0.25, 0.3) is 11.0 Å². The highest BCUT2D eigenvalue weighted by Gasteiger charge is 2.37. The molecule has 3 aromatic rings. The Morgan fingerprint density at radius 3 is 2.81 bits per heavy atom. The molecule has 27 heavy (non-hydrogen) atoms. The first kappa shape index (κ1) is 18.2. The number of fused-ring (bicyclic) bond motifs is 1. The summed E-state index contributed by atoms with van der Waals surface area (Å²) >= 11 is 5.70. The molecule has 1 aromatic carbocycles. The van der Waals surface area contributed by atoms with Crippen molar-refractivity contribution in [2.75, 3.05) is 17.7 Å². The van der Waals surface area contributed by atoms with Crippen molar-refractivity contribution in [2.24, 2.45) is 5.92 Å². The summed E-state index contributed by atoms with van der Waals surface area (Å²) in [6, 6.07) is 5.77. The minimum atomic E-state index is -3.69. The maximum atomic E-state index is 14.0. The van der Waals surface area contributed by atoms with Crippen molar-refractivity contribution in [3.8, 4) is 0 Å². The number of hydrogen-bond acceptors (Lipinski definition) is 5. The number of hydrogen-bond donors (Lipinski definition) is 1. The van der Waals surface area contributed by atoms with Gasteiger partial charge in [0.05, 0.1) is 11.1 Å². The van der Waals surface area contributed by atoms with Crippen LogP contribution in [-0.4, -0.2) is 42.2 Å². The number of rotatable bonds is 5. The highest BCUT2D eigenvalue weighted by molar-refractivity contribution is 7.91. The zero-order valence-corrected chi connectivity index (χ0v) is 16.1. The number of benzene rings is 1. The van der Waals surface area contributed by atoms with Gasteiger partial charge in [-0.3, -0.25) is 0 Å². The average Bonchev–Trinajstić information content (AvgIpc) is 3.05. The predicted molar refractivity (Wildman–Crippen MR) is 102 cm³/mol. The predicted octanol–water partition coefficient (Wildman–Crippen LogP) is 3.44. The fourth-order valence-electron chi connectivity index (χ4n) is 3.59. The van der Waals surface area contributed by atoms with Crippen molar-refractivity contribution in [2.45, 2.75) is 23.8 Å². The maximum absolute atomic E-state index is 14.0. The third-order valence-electron chi connectivity index (χ3n) is 5.11. The fourth-order valence-corrected chi connectivity index (χ4v) is 5.46. The van der Waals surface area contributed by atoms with Crippen LogP contribution in [0.4, 0.5) is 10.2 Å².